The van der Waals surface area contributed by atoms with E-state index in [-0.39, 0.29) is 0 Å². The molecule has 0 aromatic heterocycles. The van der Waals surface area contributed by atoms with Gasteiger partial charge in [0.05, 0.1) is 0 Å². The smallest absolute Gasteiger partial charge is 0.384 e. The third-order valence-electron chi connectivity index (χ3n) is 0.196. The summed E-state index contributed by atoms with van der Waals surface area (Å²) < 4.78 is 34.6. The maximum Gasteiger partial charge on any atom is 0.574 e. The van der Waals surface area contributed by atoms with Crippen LogP contribution in [-0.2, 0) is 4.74 Å². The Labute approximate surface area is 53.4 Å². The fourth-order valence-electron chi connectivity index (χ4n) is 0.0910. The summed E-state index contributed by atoms with van der Waals surface area (Å²) in [5.41, 5.74) is 0. The SMILES string of the molecule is FC(F)(F)OC(=S)Cl. The lowest BCUT2D eigenvalue weighted by molar-refractivity contribution is -0.280. The molecule has 0 aliphatic rings. The van der Waals surface area contributed by atoms with Crippen molar-refractivity contribution >= 4 is 28.3 Å². The van der Waals surface area contributed by atoms with Crippen LogP contribution in [0.1, 0.15) is 0 Å². The molecule has 0 spiro atoms. The fourth-order valence-corrected chi connectivity index (χ4v) is 0.273. The minimum atomic E-state index is -4.75. The minimum Gasteiger partial charge on any atom is -0.384 e. The Bertz CT molecular complexity index is 99.9. The summed E-state index contributed by atoms with van der Waals surface area (Å²) in [6.45, 7) is 0. The van der Waals surface area contributed by atoms with Crippen LogP contribution in [0, 0.1) is 0 Å². The largest absolute Gasteiger partial charge is 0.574 e. The molecule has 48 valence electrons. The maximum atomic E-state index is 10.9. The zero-order valence-electron chi connectivity index (χ0n) is 3.33. The van der Waals surface area contributed by atoms with Crippen LogP contribution in [0.2, 0.25) is 0 Å². The highest BCUT2D eigenvalue weighted by Gasteiger charge is 2.31. The number of ether oxygens (including phenoxy) is 1. The van der Waals surface area contributed by atoms with E-state index in [0.29, 0.717) is 0 Å². The Balaban J connectivity index is 3.55. The summed E-state index contributed by atoms with van der Waals surface area (Å²) >= 11 is 8.32. The first kappa shape index (κ1) is 7.97. The Morgan fingerprint density at radius 1 is 1.50 bits per heavy atom. The van der Waals surface area contributed by atoms with Crippen molar-refractivity contribution in [3.8, 4) is 0 Å². The summed E-state index contributed by atoms with van der Waals surface area (Å²) in [6, 6.07) is 0. The molecule has 0 aliphatic heterocycles. The van der Waals surface area contributed by atoms with Crippen molar-refractivity contribution < 1.29 is 17.9 Å². The van der Waals surface area contributed by atoms with Crippen LogP contribution in [-0.4, -0.2) is 10.9 Å². The predicted molar refractivity (Wildman–Crippen MR) is 25.6 cm³/mol. The van der Waals surface area contributed by atoms with Gasteiger partial charge in [0.15, 0.2) is 0 Å². The van der Waals surface area contributed by atoms with E-state index in [2.05, 4.69) is 28.6 Å². The molecule has 0 saturated carbocycles. The van der Waals surface area contributed by atoms with Crippen LogP contribution in [0.3, 0.4) is 0 Å². The average Bonchev–Trinajstić information content (AvgIpc) is 1.21. The van der Waals surface area contributed by atoms with E-state index in [0.717, 1.165) is 0 Å². The normalized spacial score (nSPS) is 11.0. The zero-order valence-corrected chi connectivity index (χ0v) is 4.90. The molecule has 0 fully saturated rings. The third-order valence-corrected chi connectivity index (χ3v) is 0.356. The van der Waals surface area contributed by atoms with Gasteiger partial charge in [-0.05, 0) is 23.8 Å². The van der Waals surface area contributed by atoms with Gasteiger partial charge in [-0.1, -0.05) is 0 Å². The van der Waals surface area contributed by atoms with Crippen molar-refractivity contribution in [3.63, 3.8) is 0 Å². The molecule has 0 atom stereocenters. The van der Waals surface area contributed by atoms with Crippen molar-refractivity contribution in [3.05, 3.63) is 0 Å². The number of hydrogen-bond donors (Lipinski definition) is 0. The molecule has 0 N–H and O–H groups in total. The Morgan fingerprint density at radius 2 is 1.88 bits per heavy atom. The van der Waals surface area contributed by atoms with E-state index in [9.17, 15) is 13.2 Å². The van der Waals surface area contributed by atoms with E-state index in [1.807, 2.05) is 0 Å². The van der Waals surface area contributed by atoms with Crippen LogP contribution in [0.15, 0.2) is 0 Å². The van der Waals surface area contributed by atoms with Gasteiger partial charge in [0.25, 0.3) is 4.51 Å². The molecule has 8 heavy (non-hydrogen) atoms. The summed E-state index contributed by atoms with van der Waals surface area (Å²) in [5, 5.41) is 0. The molecular weight excluding hydrogens is 165 g/mol. The Kier molecular flexibility index (Phi) is 2.49. The molecule has 0 aliphatic carbocycles. The van der Waals surface area contributed by atoms with Gasteiger partial charge in [0, 0.05) is 0 Å². The first-order chi connectivity index (χ1) is 3.42. The van der Waals surface area contributed by atoms with Gasteiger partial charge in [0.1, 0.15) is 0 Å². The number of halogens is 4. The monoisotopic (exact) mass is 164 g/mol. The molecule has 0 unspecified atom stereocenters. The Morgan fingerprint density at radius 3 is 1.88 bits per heavy atom. The molecule has 0 aromatic rings. The van der Waals surface area contributed by atoms with Crippen molar-refractivity contribution in [2.45, 2.75) is 6.36 Å². The number of hydrogen-bond acceptors (Lipinski definition) is 2. The van der Waals surface area contributed by atoms with Gasteiger partial charge < -0.3 is 4.74 Å². The van der Waals surface area contributed by atoms with Gasteiger partial charge in [-0.2, -0.15) is 0 Å². The van der Waals surface area contributed by atoms with Gasteiger partial charge in [-0.3, -0.25) is 0 Å². The first-order valence-corrected chi connectivity index (χ1v) is 2.15. The number of thiocarbonyl (C=S) groups is 1. The second-order valence-electron chi connectivity index (χ2n) is 0.785. The van der Waals surface area contributed by atoms with Crippen LogP contribution in [0.4, 0.5) is 13.2 Å². The summed E-state index contributed by atoms with van der Waals surface area (Å²) in [4.78, 5) is 0. The minimum absolute atomic E-state index is 1.04. The van der Waals surface area contributed by atoms with Crippen LogP contribution in [0.5, 0.6) is 0 Å². The highest BCUT2D eigenvalue weighted by molar-refractivity contribution is 7.82. The van der Waals surface area contributed by atoms with E-state index in [1.54, 1.807) is 0 Å². The van der Waals surface area contributed by atoms with Gasteiger partial charge >= 0.3 is 6.36 Å². The highest BCUT2D eigenvalue weighted by Crippen LogP contribution is 2.17. The average molecular weight is 165 g/mol. The number of rotatable bonds is 0. The van der Waals surface area contributed by atoms with Gasteiger partial charge in [-0.15, -0.1) is 13.2 Å². The van der Waals surface area contributed by atoms with Crippen LogP contribution < -0.4 is 0 Å². The summed E-state index contributed by atoms with van der Waals surface area (Å²) in [7, 11) is 0. The molecule has 0 rings (SSSR count). The lowest BCUT2D eigenvalue weighted by Gasteiger charge is -2.02. The van der Waals surface area contributed by atoms with Gasteiger partial charge in [0.2, 0.25) is 0 Å². The molecule has 0 amide bonds. The van der Waals surface area contributed by atoms with E-state index in [1.165, 1.54) is 0 Å². The topological polar surface area (TPSA) is 9.23 Å². The Hall–Kier alpha value is -0.0300. The second kappa shape index (κ2) is 2.50. The maximum absolute atomic E-state index is 10.9. The zero-order chi connectivity index (χ0) is 6.78. The summed E-state index contributed by atoms with van der Waals surface area (Å²) in [5.74, 6) is 0. The highest BCUT2D eigenvalue weighted by atomic mass is 35.5. The second-order valence-corrected chi connectivity index (χ2v) is 1.72. The molecule has 0 aromatic carbocycles. The first-order valence-electron chi connectivity index (χ1n) is 1.37. The van der Waals surface area contributed by atoms with Crippen molar-refractivity contribution in [2.75, 3.05) is 0 Å². The standard InChI is InChI=1S/C2ClF3OS/c3-1(8)7-2(4,5)6. The van der Waals surface area contributed by atoms with Crippen LogP contribution >= 0.6 is 23.8 Å². The molecule has 6 heteroatoms. The lowest BCUT2D eigenvalue weighted by atomic mass is 11.3. The molecule has 0 heterocycles. The molecule has 1 nitrogen and oxygen atoms in total. The molecule has 0 bridgehead atoms. The van der Waals surface area contributed by atoms with Crippen molar-refractivity contribution in [1.29, 1.82) is 0 Å². The predicted octanol–water partition coefficient (Wildman–Crippen LogP) is 2.05. The van der Waals surface area contributed by atoms with Crippen molar-refractivity contribution in [2.24, 2.45) is 0 Å². The van der Waals surface area contributed by atoms with E-state index in [4.69, 9.17) is 0 Å². The third kappa shape index (κ3) is 5.97. The number of alkyl halides is 3. The molecule has 0 radical (unpaired) electrons. The quantitative estimate of drug-likeness (QED) is 0.400. The molecule has 0 saturated heterocycles. The van der Waals surface area contributed by atoms with Gasteiger partial charge in [-0.25, -0.2) is 0 Å². The van der Waals surface area contributed by atoms with E-state index < -0.39 is 10.9 Å². The summed E-state index contributed by atoms with van der Waals surface area (Å²) in [6.07, 6.45) is -4.75. The molecular formula is C2ClF3OS. The fraction of sp³-hybridized carbons (Fsp3) is 0.500. The van der Waals surface area contributed by atoms with Crippen LogP contribution in [0.25, 0.3) is 0 Å². The van der Waals surface area contributed by atoms with Crippen molar-refractivity contribution in [1.82, 2.24) is 0 Å². The lowest BCUT2D eigenvalue weighted by Crippen LogP contribution is -2.14. The van der Waals surface area contributed by atoms with E-state index >= 15 is 0 Å².